The normalized spacial score (nSPS) is 11.2. The number of thioether (sulfide) groups is 1. The van der Waals surface area contributed by atoms with Crippen molar-refractivity contribution in [2.24, 2.45) is 0 Å². The van der Waals surface area contributed by atoms with Gasteiger partial charge in [0.2, 0.25) is 0 Å². The van der Waals surface area contributed by atoms with Gasteiger partial charge in [0.05, 0.1) is 39.0 Å². The van der Waals surface area contributed by atoms with E-state index in [9.17, 15) is 4.79 Å². The number of para-hydroxylation sites is 1. The highest BCUT2D eigenvalue weighted by molar-refractivity contribution is 7.99. The number of thiazole rings is 1. The summed E-state index contributed by atoms with van der Waals surface area (Å²) in [6.07, 6.45) is 0. The van der Waals surface area contributed by atoms with Crippen molar-refractivity contribution in [3.8, 4) is 5.75 Å². The molecular weight excluding hydrogens is 390 g/mol. The zero-order valence-corrected chi connectivity index (χ0v) is 18.3. The Labute approximate surface area is 174 Å². The lowest BCUT2D eigenvalue weighted by atomic mass is 10.2. The second kappa shape index (κ2) is 9.41. The van der Waals surface area contributed by atoms with Crippen LogP contribution in [0.15, 0.2) is 47.4 Å². The molecule has 0 aliphatic rings. The number of anilines is 1. The third-order valence-electron chi connectivity index (χ3n) is 4.31. The predicted octanol–water partition coefficient (Wildman–Crippen LogP) is 3.21. The van der Waals surface area contributed by atoms with E-state index in [0.29, 0.717) is 17.2 Å². The first-order valence-corrected chi connectivity index (χ1v) is 11.1. The molecule has 0 spiro atoms. The van der Waals surface area contributed by atoms with E-state index < -0.39 is 0 Å². The first-order valence-electron chi connectivity index (χ1n) is 9.30. The second-order valence-corrected chi connectivity index (χ2v) is 9.02. The molecule has 0 unspecified atom stereocenters. The van der Waals surface area contributed by atoms with Crippen molar-refractivity contribution in [1.82, 2.24) is 4.98 Å². The van der Waals surface area contributed by atoms with Gasteiger partial charge in [-0.25, -0.2) is 4.98 Å². The summed E-state index contributed by atoms with van der Waals surface area (Å²) < 4.78 is 6.45. The number of fused-ring (bicyclic) bond motifs is 1. The molecule has 3 aromatic rings. The van der Waals surface area contributed by atoms with Crippen LogP contribution in [0.3, 0.4) is 0 Å². The molecule has 0 saturated carbocycles. The smallest absolute Gasteiger partial charge is 0.260 e. The standard InChI is InChI=1S/C21H25N3O2S2/c1-5-27-16-11-9-15(10-12-16)20(25)24(14-13-23(2)3)21-22-19-17(26-4)7-6-8-18(19)28-21/h6-12H,5,13-14H2,1-4H3/p+1. The van der Waals surface area contributed by atoms with Crippen LogP contribution in [0.2, 0.25) is 0 Å². The van der Waals surface area contributed by atoms with Crippen LogP contribution in [0.25, 0.3) is 10.2 Å². The quantitative estimate of drug-likeness (QED) is 0.573. The summed E-state index contributed by atoms with van der Waals surface area (Å²) in [4.78, 5) is 22.3. The molecule has 1 heterocycles. The molecule has 1 N–H and O–H groups in total. The molecule has 0 bridgehead atoms. The van der Waals surface area contributed by atoms with Crippen molar-refractivity contribution in [1.29, 1.82) is 0 Å². The van der Waals surface area contributed by atoms with Crippen molar-refractivity contribution in [3.63, 3.8) is 0 Å². The monoisotopic (exact) mass is 416 g/mol. The third-order valence-corrected chi connectivity index (χ3v) is 6.25. The molecule has 7 heteroatoms. The van der Waals surface area contributed by atoms with Gasteiger partial charge in [-0.3, -0.25) is 9.69 Å². The Morgan fingerprint density at radius 2 is 1.96 bits per heavy atom. The SMILES string of the molecule is CCSc1ccc(C(=O)N(CC[NH+](C)C)c2nc3c(OC)cccc3s2)cc1. The lowest BCUT2D eigenvalue weighted by Gasteiger charge is -2.20. The summed E-state index contributed by atoms with van der Waals surface area (Å²) >= 11 is 3.29. The number of hydrogen-bond acceptors (Lipinski definition) is 5. The van der Waals surface area contributed by atoms with Crippen LogP contribution in [0, 0.1) is 0 Å². The van der Waals surface area contributed by atoms with E-state index >= 15 is 0 Å². The van der Waals surface area contributed by atoms with Crippen molar-refractivity contribution in [2.45, 2.75) is 11.8 Å². The Hall–Kier alpha value is -2.09. The summed E-state index contributed by atoms with van der Waals surface area (Å²) in [5, 5.41) is 0.706. The molecule has 0 fully saturated rings. The van der Waals surface area contributed by atoms with Gasteiger partial charge in [0.15, 0.2) is 5.13 Å². The molecule has 0 atom stereocenters. The maximum absolute atomic E-state index is 13.3. The van der Waals surface area contributed by atoms with Gasteiger partial charge in [-0.05, 0) is 42.2 Å². The van der Waals surface area contributed by atoms with E-state index in [1.807, 2.05) is 42.5 Å². The molecule has 1 amide bonds. The first-order chi connectivity index (χ1) is 13.5. The Bertz CT molecular complexity index is 938. The summed E-state index contributed by atoms with van der Waals surface area (Å²) in [6.45, 7) is 3.56. The molecule has 5 nitrogen and oxygen atoms in total. The van der Waals surface area contributed by atoms with Gasteiger partial charge in [0.1, 0.15) is 11.3 Å². The minimum atomic E-state index is -0.0210. The number of likely N-dealkylation sites (N-methyl/N-ethyl adjacent to an activating group) is 1. The van der Waals surface area contributed by atoms with Crippen LogP contribution >= 0.6 is 23.1 Å². The van der Waals surface area contributed by atoms with Crippen molar-refractivity contribution < 1.29 is 14.4 Å². The fourth-order valence-electron chi connectivity index (χ4n) is 2.83. The minimum Gasteiger partial charge on any atom is -0.494 e. The Morgan fingerprint density at radius 3 is 2.61 bits per heavy atom. The number of carbonyl (C=O) groups is 1. The van der Waals surface area contributed by atoms with Gasteiger partial charge in [0.25, 0.3) is 5.91 Å². The summed E-state index contributed by atoms with van der Waals surface area (Å²) in [6, 6.07) is 13.7. The topological polar surface area (TPSA) is 46.9 Å². The number of carbonyl (C=O) groups excluding carboxylic acids is 1. The number of amides is 1. The highest BCUT2D eigenvalue weighted by atomic mass is 32.2. The van der Waals surface area contributed by atoms with Crippen LogP contribution in [0.4, 0.5) is 5.13 Å². The zero-order valence-electron chi connectivity index (χ0n) is 16.7. The van der Waals surface area contributed by atoms with Gasteiger partial charge in [-0.15, -0.1) is 11.8 Å². The highest BCUT2D eigenvalue weighted by Crippen LogP contribution is 2.34. The van der Waals surface area contributed by atoms with Gasteiger partial charge in [-0.1, -0.05) is 24.3 Å². The fraction of sp³-hybridized carbons (Fsp3) is 0.333. The second-order valence-electron chi connectivity index (χ2n) is 6.67. The van der Waals surface area contributed by atoms with Crippen LogP contribution < -0.4 is 14.5 Å². The summed E-state index contributed by atoms with van der Waals surface area (Å²) in [7, 11) is 5.81. The number of methoxy groups -OCH3 is 1. The number of nitrogens with one attached hydrogen (secondary N) is 1. The van der Waals surface area contributed by atoms with Crippen LogP contribution in [0.5, 0.6) is 5.75 Å². The molecule has 3 rings (SSSR count). The maximum atomic E-state index is 13.3. The number of quaternary nitrogens is 1. The Morgan fingerprint density at radius 1 is 1.21 bits per heavy atom. The van der Waals surface area contributed by atoms with Crippen LogP contribution in [-0.4, -0.2) is 50.9 Å². The molecule has 1 aromatic heterocycles. The third kappa shape index (κ3) is 4.66. The molecular formula is C21H26N3O2S2+. The van der Waals surface area contributed by atoms with Crippen molar-refractivity contribution in [3.05, 3.63) is 48.0 Å². The summed E-state index contributed by atoms with van der Waals surface area (Å²) in [5.74, 6) is 1.72. The highest BCUT2D eigenvalue weighted by Gasteiger charge is 2.23. The number of nitrogens with zero attached hydrogens (tertiary/aromatic N) is 2. The average Bonchev–Trinajstić information content (AvgIpc) is 3.12. The van der Waals surface area contributed by atoms with Gasteiger partial charge in [-0.2, -0.15) is 0 Å². The largest absolute Gasteiger partial charge is 0.494 e. The molecule has 0 radical (unpaired) electrons. The molecule has 28 heavy (non-hydrogen) atoms. The molecule has 0 aliphatic carbocycles. The van der Waals surface area contributed by atoms with Crippen molar-refractivity contribution >= 4 is 44.4 Å². The lowest BCUT2D eigenvalue weighted by Crippen LogP contribution is -3.06. The number of aromatic nitrogens is 1. The molecule has 2 aromatic carbocycles. The van der Waals surface area contributed by atoms with Crippen LogP contribution in [0.1, 0.15) is 17.3 Å². The average molecular weight is 417 g/mol. The predicted molar refractivity (Wildman–Crippen MR) is 118 cm³/mol. The lowest BCUT2D eigenvalue weighted by molar-refractivity contribution is -0.856. The molecule has 148 valence electrons. The van der Waals surface area contributed by atoms with Crippen molar-refractivity contribution in [2.75, 3.05) is 44.9 Å². The molecule has 0 saturated heterocycles. The number of benzene rings is 2. The number of ether oxygens (including phenoxy) is 1. The first kappa shape index (κ1) is 20.6. The van der Waals surface area contributed by atoms with E-state index in [-0.39, 0.29) is 5.91 Å². The maximum Gasteiger partial charge on any atom is 0.260 e. The van der Waals surface area contributed by atoms with Gasteiger partial charge in [0, 0.05) is 10.5 Å². The van der Waals surface area contributed by atoms with E-state index in [4.69, 9.17) is 9.72 Å². The summed E-state index contributed by atoms with van der Waals surface area (Å²) in [5.41, 5.74) is 1.48. The molecule has 0 aliphatic heterocycles. The zero-order chi connectivity index (χ0) is 20.1. The van der Waals surface area contributed by atoms with Crippen LogP contribution in [-0.2, 0) is 0 Å². The van der Waals surface area contributed by atoms with E-state index in [0.717, 1.165) is 28.3 Å². The van der Waals surface area contributed by atoms with E-state index in [1.54, 1.807) is 23.8 Å². The number of rotatable bonds is 8. The minimum absolute atomic E-state index is 0.0210. The fourth-order valence-corrected chi connectivity index (χ4v) is 4.50. The van der Waals surface area contributed by atoms with E-state index in [1.165, 1.54) is 21.1 Å². The Kier molecular flexibility index (Phi) is 6.93. The van der Waals surface area contributed by atoms with Gasteiger partial charge < -0.3 is 9.64 Å². The Balaban J connectivity index is 1.95. The van der Waals surface area contributed by atoms with Gasteiger partial charge >= 0.3 is 0 Å². The van der Waals surface area contributed by atoms with E-state index in [2.05, 4.69) is 21.0 Å². The number of hydrogen-bond donors (Lipinski definition) is 1.